The highest BCUT2D eigenvalue weighted by Crippen LogP contribution is 2.29. The van der Waals surface area contributed by atoms with Crippen molar-refractivity contribution in [1.82, 2.24) is 9.97 Å². The van der Waals surface area contributed by atoms with E-state index < -0.39 is 0 Å². The Balaban J connectivity index is 1.56. The molecule has 0 aliphatic rings. The molecule has 4 rings (SSSR count). The summed E-state index contributed by atoms with van der Waals surface area (Å²) in [7, 11) is 3.28. The van der Waals surface area contributed by atoms with Crippen LogP contribution in [-0.4, -0.2) is 24.2 Å². The second-order valence-electron chi connectivity index (χ2n) is 7.06. The van der Waals surface area contributed by atoms with Crippen LogP contribution in [0.25, 0.3) is 23.4 Å². The quantitative estimate of drug-likeness (QED) is 0.317. The average Bonchev–Trinajstić information content (AvgIpc) is 3.30. The number of aromatic amines is 1. The molecule has 4 nitrogen and oxygen atoms in total. The molecule has 0 saturated carbocycles. The van der Waals surface area contributed by atoms with Crippen molar-refractivity contribution in [3.63, 3.8) is 0 Å². The summed E-state index contributed by atoms with van der Waals surface area (Å²) in [6.07, 6.45) is 5.62. The van der Waals surface area contributed by atoms with E-state index in [-0.39, 0.29) is 0 Å². The van der Waals surface area contributed by atoms with E-state index in [1.54, 1.807) is 26.4 Å². The number of hydrogen-bond donors (Lipinski definition) is 1. The van der Waals surface area contributed by atoms with Gasteiger partial charge in [0.25, 0.3) is 0 Å². The molecule has 4 aromatic rings. The zero-order valence-corrected chi connectivity index (χ0v) is 19.5. The summed E-state index contributed by atoms with van der Waals surface area (Å²) in [5.74, 6) is 8.60. The highest BCUT2D eigenvalue weighted by atomic mass is 35.5. The fourth-order valence-electron chi connectivity index (χ4n) is 3.19. The van der Waals surface area contributed by atoms with Crippen molar-refractivity contribution in [1.29, 1.82) is 0 Å². The summed E-state index contributed by atoms with van der Waals surface area (Å²) in [4.78, 5) is 7.76. The molecule has 3 aromatic carbocycles. The maximum atomic E-state index is 6.30. The first-order valence-corrected chi connectivity index (χ1v) is 10.8. The molecule has 0 saturated heterocycles. The van der Waals surface area contributed by atoms with Gasteiger partial charge in [0, 0.05) is 33.5 Å². The molecule has 1 N–H and O–H groups in total. The van der Waals surface area contributed by atoms with Gasteiger partial charge in [-0.2, -0.15) is 0 Å². The zero-order chi connectivity index (χ0) is 23.2. The number of hydrogen-bond acceptors (Lipinski definition) is 3. The Hall–Kier alpha value is -3.65. The van der Waals surface area contributed by atoms with Gasteiger partial charge < -0.3 is 14.5 Å². The molecule has 0 aliphatic carbocycles. The minimum atomic E-state index is 0.550. The van der Waals surface area contributed by atoms with E-state index in [9.17, 15) is 0 Å². The summed E-state index contributed by atoms with van der Waals surface area (Å²) in [6.45, 7) is 0. The lowest BCUT2D eigenvalue weighted by molar-refractivity contribution is 0.414. The summed E-state index contributed by atoms with van der Waals surface area (Å²) in [6, 6.07) is 18.8. The van der Waals surface area contributed by atoms with Gasteiger partial charge in [0.05, 0.1) is 24.9 Å². The Morgan fingerprint density at radius 1 is 0.848 bits per heavy atom. The second-order valence-corrected chi connectivity index (χ2v) is 7.91. The van der Waals surface area contributed by atoms with Crippen molar-refractivity contribution in [2.75, 3.05) is 14.2 Å². The highest BCUT2D eigenvalue weighted by Gasteiger charge is 2.08. The first-order chi connectivity index (χ1) is 16.1. The Morgan fingerprint density at radius 2 is 1.61 bits per heavy atom. The van der Waals surface area contributed by atoms with Gasteiger partial charge in [-0.05, 0) is 72.8 Å². The third-order valence-electron chi connectivity index (χ3n) is 4.90. The van der Waals surface area contributed by atoms with Gasteiger partial charge in [-0.25, -0.2) is 4.98 Å². The number of H-pyrrole nitrogens is 1. The molecular formula is C27H20Cl2N2O2. The molecule has 6 heteroatoms. The predicted molar refractivity (Wildman–Crippen MR) is 135 cm³/mol. The molecule has 164 valence electrons. The monoisotopic (exact) mass is 474 g/mol. The molecule has 0 atom stereocenters. The topological polar surface area (TPSA) is 47.1 Å². The van der Waals surface area contributed by atoms with Crippen molar-refractivity contribution < 1.29 is 9.47 Å². The van der Waals surface area contributed by atoms with E-state index in [0.717, 1.165) is 39.4 Å². The van der Waals surface area contributed by atoms with Gasteiger partial charge in [-0.3, -0.25) is 0 Å². The van der Waals surface area contributed by atoms with Crippen LogP contribution >= 0.6 is 23.2 Å². The molecule has 0 aliphatic heterocycles. The van der Waals surface area contributed by atoms with Gasteiger partial charge in [0.2, 0.25) is 0 Å². The molecule has 0 radical (unpaired) electrons. The molecule has 1 aromatic heterocycles. The fourth-order valence-corrected chi connectivity index (χ4v) is 3.69. The van der Waals surface area contributed by atoms with Gasteiger partial charge in [0.15, 0.2) is 0 Å². The Kier molecular flexibility index (Phi) is 7.04. The van der Waals surface area contributed by atoms with E-state index in [2.05, 4.69) is 21.8 Å². The zero-order valence-electron chi connectivity index (χ0n) is 18.0. The van der Waals surface area contributed by atoms with E-state index in [1.807, 2.05) is 66.9 Å². The molecule has 0 bridgehead atoms. The van der Waals surface area contributed by atoms with Crippen molar-refractivity contribution in [3.8, 4) is 34.6 Å². The minimum absolute atomic E-state index is 0.550. The molecule has 1 heterocycles. The van der Waals surface area contributed by atoms with E-state index in [4.69, 9.17) is 32.7 Å². The Morgan fingerprint density at radius 3 is 2.33 bits per heavy atom. The van der Waals surface area contributed by atoms with Crippen LogP contribution < -0.4 is 9.47 Å². The number of methoxy groups -OCH3 is 2. The SMILES string of the molecule is COc1ccc(C#Cc2ccc(OC)c(C=Cc3nc(-c4ccc(Cl)cc4Cl)c[nH]3)c2)cc1. The van der Waals surface area contributed by atoms with Gasteiger partial charge in [-0.15, -0.1) is 0 Å². The van der Waals surface area contributed by atoms with Crippen molar-refractivity contribution in [2.24, 2.45) is 0 Å². The van der Waals surface area contributed by atoms with Crippen LogP contribution in [-0.2, 0) is 0 Å². The smallest absolute Gasteiger partial charge is 0.130 e. The van der Waals surface area contributed by atoms with E-state index in [1.165, 1.54) is 0 Å². The maximum Gasteiger partial charge on any atom is 0.130 e. The molecule has 0 fully saturated rings. The Bertz CT molecular complexity index is 1360. The number of nitrogens with zero attached hydrogens (tertiary/aromatic N) is 1. The first kappa shape index (κ1) is 22.5. The lowest BCUT2D eigenvalue weighted by Crippen LogP contribution is -1.88. The first-order valence-electron chi connectivity index (χ1n) is 10.1. The Labute approximate surface area is 202 Å². The average molecular weight is 475 g/mol. The van der Waals surface area contributed by atoms with Crippen LogP contribution in [0.2, 0.25) is 10.0 Å². The number of benzene rings is 3. The van der Waals surface area contributed by atoms with Crippen LogP contribution in [0.5, 0.6) is 11.5 Å². The molecule has 0 unspecified atom stereocenters. The molecule has 0 spiro atoms. The molecule has 0 amide bonds. The molecule has 33 heavy (non-hydrogen) atoms. The van der Waals surface area contributed by atoms with Gasteiger partial charge in [0.1, 0.15) is 17.3 Å². The lowest BCUT2D eigenvalue weighted by Gasteiger charge is -2.05. The summed E-state index contributed by atoms with van der Waals surface area (Å²) in [5, 5.41) is 1.14. The summed E-state index contributed by atoms with van der Waals surface area (Å²) in [5.41, 5.74) is 4.22. The molecular weight excluding hydrogens is 455 g/mol. The second kappa shape index (κ2) is 10.3. The predicted octanol–water partition coefficient (Wildman–Crippen LogP) is 6.97. The van der Waals surface area contributed by atoms with Gasteiger partial charge >= 0.3 is 0 Å². The minimum Gasteiger partial charge on any atom is -0.497 e. The number of ether oxygens (including phenoxy) is 2. The summed E-state index contributed by atoms with van der Waals surface area (Å²) >= 11 is 12.3. The van der Waals surface area contributed by atoms with E-state index in [0.29, 0.717) is 15.9 Å². The van der Waals surface area contributed by atoms with Crippen LogP contribution in [0.3, 0.4) is 0 Å². The van der Waals surface area contributed by atoms with Crippen molar-refractivity contribution in [2.45, 2.75) is 0 Å². The standard InChI is InChI=1S/C27H20Cl2N2O2/c1-32-22-10-5-18(6-11-22)3-4-19-7-13-26(33-2)20(15-19)8-14-27-30-17-25(31-27)23-12-9-21(28)16-24(23)29/h5-17H,1-2H3,(H,30,31). The summed E-state index contributed by atoms with van der Waals surface area (Å²) < 4.78 is 10.7. The van der Waals surface area contributed by atoms with Crippen LogP contribution in [0.1, 0.15) is 22.5 Å². The number of imidazole rings is 1. The van der Waals surface area contributed by atoms with Crippen LogP contribution in [0.4, 0.5) is 0 Å². The van der Waals surface area contributed by atoms with Crippen molar-refractivity contribution >= 4 is 35.4 Å². The highest BCUT2D eigenvalue weighted by molar-refractivity contribution is 6.36. The lowest BCUT2D eigenvalue weighted by atomic mass is 10.1. The van der Waals surface area contributed by atoms with Crippen LogP contribution in [0, 0.1) is 11.8 Å². The largest absolute Gasteiger partial charge is 0.497 e. The number of nitrogens with one attached hydrogen (secondary N) is 1. The fraction of sp³-hybridized carbons (Fsp3) is 0.0741. The normalized spacial score (nSPS) is 10.7. The third-order valence-corrected chi connectivity index (χ3v) is 5.44. The third kappa shape index (κ3) is 5.59. The number of aromatic nitrogens is 2. The van der Waals surface area contributed by atoms with E-state index >= 15 is 0 Å². The number of rotatable bonds is 5. The van der Waals surface area contributed by atoms with Crippen LogP contribution in [0.15, 0.2) is 66.9 Å². The number of halogens is 2. The van der Waals surface area contributed by atoms with Gasteiger partial charge in [-0.1, -0.05) is 35.0 Å². The maximum absolute atomic E-state index is 6.30. The van der Waals surface area contributed by atoms with Crippen molar-refractivity contribution in [3.05, 3.63) is 99.4 Å².